The van der Waals surface area contributed by atoms with Gasteiger partial charge < -0.3 is 19.3 Å². The van der Waals surface area contributed by atoms with Crippen LogP contribution in [-0.4, -0.2) is 77.6 Å². The maximum Gasteiger partial charge on any atom is 0.219 e. The van der Waals surface area contributed by atoms with Gasteiger partial charge in [-0.2, -0.15) is 0 Å². The third kappa shape index (κ3) is 16.8. The zero-order valence-corrected chi connectivity index (χ0v) is 36.8. The molecule has 0 saturated heterocycles. The maximum atomic E-state index is 11.7. The average Bonchev–Trinajstić information content (AvgIpc) is 3.11. The van der Waals surface area contributed by atoms with Gasteiger partial charge in [-0.05, 0) is 109 Å². The summed E-state index contributed by atoms with van der Waals surface area (Å²) in [5.74, 6) is 2.56. The fourth-order valence-corrected chi connectivity index (χ4v) is 7.20. The molecule has 16 heteroatoms. The van der Waals surface area contributed by atoms with Crippen molar-refractivity contribution in [2.75, 3.05) is 39.1 Å². The highest BCUT2D eigenvalue weighted by Gasteiger charge is 2.15. The van der Waals surface area contributed by atoms with E-state index in [1.807, 2.05) is 87.0 Å². The van der Waals surface area contributed by atoms with Crippen LogP contribution in [0.4, 0.5) is 0 Å². The Hall–Kier alpha value is -4.06. The van der Waals surface area contributed by atoms with Crippen molar-refractivity contribution >= 4 is 55.4 Å². The quantitative estimate of drug-likeness (QED) is 0.107. The number of benzene rings is 4. The summed E-state index contributed by atoms with van der Waals surface area (Å²) in [7, 11) is -3.15. The van der Waals surface area contributed by atoms with E-state index in [-0.39, 0.29) is 32.3 Å². The fraction of sp³-hybridized carbons (Fsp3) is 0.366. The van der Waals surface area contributed by atoms with Gasteiger partial charge in [-0.25, -0.2) is 26.3 Å². The number of hydrogen-bond acceptors (Lipinski definition) is 10. The van der Waals surface area contributed by atoms with Gasteiger partial charge in [0.1, 0.15) is 23.0 Å². The van der Waals surface area contributed by atoms with Gasteiger partial charge in [0, 0.05) is 75.0 Å². The summed E-state index contributed by atoms with van der Waals surface area (Å²) in [4.78, 5) is 28.9. The lowest BCUT2D eigenvalue weighted by atomic mass is 10.1. The summed E-state index contributed by atoms with van der Waals surface area (Å²) in [6.07, 6.45) is 6.30. The van der Waals surface area contributed by atoms with E-state index in [9.17, 15) is 26.4 Å². The molecule has 0 aliphatic rings. The number of ether oxygens (including phenoxy) is 2. The van der Waals surface area contributed by atoms with Crippen LogP contribution in [0.1, 0.15) is 54.7 Å². The summed E-state index contributed by atoms with van der Waals surface area (Å²) in [5, 5.41) is 0. The van der Waals surface area contributed by atoms with Crippen LogP contribution < -0.4 is 18.9 Å². The van der Waals surface area contributed by atoms with Crippen LogP contribution in [0.3, 0.4) is 0 Å². The third-order valence-electron chi connectivity index (χ3n) is 8.41. The molecular formula is C41H56N4O8S4. The van der Waals surface area contributed by atoms with Crippen LogP contribution in [0.25, 0.3) is 0 Å². The molecule has 0 aliphatic heterocycles. The van der Waals surface area contributed by atoms with E-state index in [4.69, 9.17) is 9.47 Å². The maximum absolute atomic E-state index is 11.7. The molecule has 4 rings (SSSR count). The first kappa shape index (κ1) is 49.1. The zero-order chi connectivity index (χ0) is 41.8. The SMILES string of the molecule is C.CSc1ccc(Oc2ccc(CNS(C)(=O)=O)cc2CN(C)C(C)=O)cc1C.CSc1ccc(Oc2ccc(CNS(C)(=O)=O)cc2CN(C)C(C)=O)cc1C. The minimum absolute atomic E-state index is 0. The molecule has 0 fully saturated rings. The first-order valence-corrected chi connectivity index (χ1v) is 23.6. The first-order chi connectivity index (χ1) is 26.2. The van der Waals surface area contributed by atoms with Gasteiger partial charge in [-0.1, -0.05) is 19.6 Å². The van der Waals surface area contributed by atoms with E-state index >= 15 is 0 Å². The van der Waals surface area contributed by atoms with Crippen molar-refractivity contribution in [2.45, 2.75) is 71.1 Å². The fourth-order valence-electron chi connectivity index (χ4n) is 5.18. The number of hydrogen-bond donors (Lipinski definition) is 2. The zero-order valence-electron chi connectivity index (χ0n) is 33.6. The lowest BCUT2D eigenvalue weighted by Crippen LogP contribution is -2.24. The van der Waals surface area contributed by atoms with Crippen molar-refractivity contribution in [3.05, 3.63) is 106 Å². The molecule has 2 N–H and O–H groups in total. The molecule has 312 valence electrons. The van der Waals surface area contributed by atoms with Gasteiger partial charge in [0.2, 0.25) is 31.9 Å². The molecule has 0 saturated carbocycles. The van der Waals surface area contributed by atoms with Crippen molar-refractivity contribution < 1.29 is 35.9 Å². The van der Waals surface area contributed by atoms with Gasteiger partial charge in [-0.3, -0.25) is 9.59 Å². The van der Waals surface area contributed by atoms with Crippen molar-refractivity contribution in [3.8, 4) is 23.0 Å². The van der Waals surface area contributed by atoms with Crippen LogP contribution in [0, 0.1) is 13.8 Å². The Balaban J connectivity index is 0.000000387. The molecule has 4 aromatic rings. The number of rotatable bonds is 16. The number of carbonyl (C=O) groups excluding carboxylic acids is 2. The lowest BCUT2D eigenvalue weighted by molar-refractivity contribution is -0.128. The van der Waals surface area contributed by atoms with E-state index in [0.717, 1.165) is 45.9 Å². The smallest absolute Gasteiger partial charge is 0.219 e. The Morgan fingerprint density at radius 2 is 0.965 bits per heavy atom. The number of thioether (sulfide) groups is 2. The van der Waals surface area contributed by atoms with Gasteiger partial charge >= 0.3 is 0 Å². The van der Waals surface area contributed by atoms with Gasteiger partial charge in [-0.15, -0.1) is 23.5 Å². The first-order valence-electron chi connectivity index (χ1n) is 17.4. The summed E-state index contributed by atoms with van der Waals surface area (Å²) in [6.45, 7) is 8.14. The largest absolute Gasteiger partial charge is 0.457 e. The van der Waals surface area contributed by atoms with Crippen LogP contribution >= 0.6 is 23.5 Å². The van der Waals surface area contributed by atoms with Gasteiger partial charge in [0.15, 0.2) is 0 Å². The van der Waals surface area contributed by atoms with E-state index in [2.05, 4.69) is 9.44 Å². The predicted molar refractivity (Wildman–Crippen MR) is 233 cm³/mol. The standard InChI is InChI=1S/2C20H26N2O4S2.CH4/c2*1-14-10-18(7-9-20(14)27-4)26-19-8-6-16(12-21-28(5,24)25)11-17(19)13-22(3)15(2)23;/h2*6-11,21H,12-13H2,1-5H3;1H4. The molecule has 12 nitrogen and oxygen atoms in total. The molecule has 0 spiro atoms. The van der Waals surface area contributed by atoms with Crippen LogP contribution in [0.5, 0.6) is 23.0 Å². The summed E-state index contributed by atoms with van der Waals surface area (Å²) >= 11 is 3.36. The predicted octanol–water partition coefficient (Wildman–Crippen LogP) is 7.71. The second-order valence-electron chi connectivity index (χ2n) is 13.3. The Labute approximate surface area is 348 Å². The Bertz CT molecular complexity index is 2070. The van der Waals surface area contributed by atoms with E-state index in [1.54, 1.807) is 59.6 Å². The third-order valence-corrected chi connectivity index (χ3v) is 11.5. The monoisotopic (exact) mass is 860 g/mol. The molecular weight excluding hydrogens is 805 g/mol. The van der Waals surface area contributed by atoms with Crippen LogP contribution in [0.15, 0.2) is 82.6 Å². The van der Waals surface area contributed by atoms with E-state index in [1.165, 1.54) is 23.6 Å². The Morgan fingerprint density at radius 1 is 0.614 bits per heavy atom. The molecule has 57 heavy (non-hydrogen) atoms. The second kappa shape index (κ2) is 22.2. The minimum Gasteiger partial charge on any atom is -0.457 e. The second-order valence-corrected chi connectivity index (χ2v) is 18.7. The molecule has 0 aliphatic carbocycles. The number of amides is 2. The minimum atomic E-state index is -3.29. The summed E-state index contributed by atoms with van der Waals surface area (Å²) < 4.78 is 62.6. The molecule has 0 unspecified atom stereocenters. The number of carbonyl (C=O) groups is 2. The summed E-state index contributed by atoms with van der Waals surface area (Å²) in [6, 6.07) is 22.8. The number of sulfonamides is 2. The normalized spacial score (nSPS) is 11.1. The van der Waals surface area contributed by atoms with E-state index < -0.39 is 20.0 Å². The van der Waals surface area contributed by atoms with E-state index in [0.29, 0.717) is 36.1 Å². The van der Waals surface area contributed by atoms with Crippen molar-refractivity contribution in [1.29, 1.82) is 0 Å². The highest BCUT2D eigenvalue weighted by Crippen LogP contribution is 2.32. The molecule has 4 aromatic carbocycles. The number of nitrogens with zero attached hydrogens (tertiary/aromatic N) is 2. The molecule has 0 bridgehead atoms. The molecule has 2 amide bonds. The number of aryl methyl sites for hydroxylation is 2. The molecule has 0 atom stereocenters. The van der Waals surface area contributed by atoms with Gasteiger partial charge in [0.25, 0.3) is 0 Å². The van der Waals surface area contributed by atoms with Crippen LogP contribution in [-0.2, 0) is 55.8 Å². The Kier molecular flexibility index (Phi) is 19.1. The van der Waals surface area contributed by atoms with Crippen molar-refractivity contribution in [3.63, 3.8) is 0 Å². The van der Waals surface area contributed by atoms with Crippen LogP contribution in [0.2, 0.25) is 0 Å². The topological polar surface area (TPSA) is 151 Å². The highest BCUT2D eigenvalue weighted by atomic mass is 32.2. The average molecular weight is 861 g/mol. The van der Waals surface area contributed by atoms with Gasteiger partial charge in [0.05, 0.1) is 12.5 Å². The molecule has 0 radical (unpaired) electrons. The number of nitrogens with one attached hydrogen (secondary N) is 2. The lowest BCUT2D eigenvalue weighted by Gasteiger charge is -2.19. The Morgan fingerprint density at radius 3 is 1.25 bits per heavy atom. The highest BCUT2D eigenvalue weighted by molar-refractivity contribution is 7.98. The van der Waals surface area contributed by atoms with Crippen molar-refractivity contribution in [1.82, 2.24) is 19.2 Å². The molecule has 0 heterocycles. The van der Waals surface area contributed by atoms with Crippen molar-refractivity contribution in [2.24, 2.45) is 0 Å². The summed E-state index contributed by atoms with van der Waals surface area (Å²) in [5.41, 5.74) is 5.44. The molecule has 0 aromatic heterocycles.